The number of hydrogen-bond donors (Lipinski definition) is 2. The van der Waals surface area contributed by atoms with Crippen molar-refractivity contribution in [3.05, 3.63) is 30.3 Å². The van der Waals surface area contributed by atoms with Crippen molar-refractivity contribution in [2.45, 2.75) is 6.92 Å². The van der Waals surface area contributed by atoms with Crippen LogP contribution in [0.5, 0.6) is 0 Å². The molecule has 4 nitrogen and oxygen atoms in total. The quantitative estimate of drug-likeness (QED) is 0.690. The van der Waals surface area contributed by atoms with Crippen molar-refractivity contribution in [1.29, 1.82) is 0 Å². The fraction of sp³-hybridized carbons (Fsp3) is 0.200. The van der Waals surface area contributed by atoms with Crippen molar-refractivity contribution >= 4 is 18.0 Å². The summed E-state index contributed by atoms with van der Waals surface area (Å²) in [6, 6.07) is 9.37. The highest BCUT2D eigenvalue weighted by atomic mass is 16.1. The molecule has 0 fully saturated rings. The summed E-state index contributed by atoms with van der Waals surface area (Å²) in [7, 11) is 1.56. The number of nitrogens with one attached hydrogen (secondary N) is 2. The van der Waals surface area contributed by atoms with Gasteiger partial charge in [-0.05, 0) is 12.1 Å². The van der Waals surface area contributed by atoms with Crippen LogP contribution in [-0.2, 0) is 9.59 Å². The average Bonchev–Trinajstić information content (AvgIpc) is 2.19. The van der Waals surface area contributed by atoms with Crippen LogP contribution in [0.25, 0.3) is 0 Å². The molecule has 0 aliphatic rings. The fourth-order valence-electron chi connectivity index (χ4n) is 0.725. The summed E-state index contributed by atoms with van der Waals surface area (Å²) in [6.45, 7) is 1.49. The molecule has 0 aliphatic carbocycles. The van der Waals surface area contributed by atoms with Gasteiger partial charge in [0.25, 0.3) is 0 Å². The minimum atomic E-state index is -0.0359. The Kier molecular flexibility index (Phi) is 6.77. The van der Waals surface area contributed by atoms with Crippen LogP contribution in [0.1, 0.15) is 6.92 Å². The number of carbonyl (C=O) groups excluding carboxylic acids is 2. The van der Waals surface area contributed by atoms with Crippen molar-refractivity contribution in [3.8, 4) is 0 Å². The Morgan fingerprint density at radius 3 is 2.14 bits per heavy atom. The molecule has 1 aromatic carbocycles. The van der Waals surface area contributed by atoms with Crippen LogP contribution in [0, 0.1) is 0 Å². The molecule has 0 heterocycles. The first-order chi connectivity index (χ1) is 6.70. The standard InChI is InChI=1S/C8H9NO.C2H5NO/c1-7(10)9-8-5-3-2-4-6-8;1-3-2-4/h2-6H,1H3,(H,9,10);2H,1H3,(H,3,4). The number of carbonyl (C=O) groups is 2. The van der Waals surface area contributed by atoms with Crippen LogP contribution in [0.4, 0.5) is 5.69 Å². The molecule has 1 rings (SSSR count). The van der Waals surface area contributed by atoms with E-state index in [9.17, 15) is 4.79 Å². The lowest BCUT2D eigenvalue weighted by atomic mass is 10.3. The lowest BCUT2D eigenvalue weighted by molar-refractivity contribution is -0.114. The predicted molar refractivity (Wildman–Crippen MR) is 55.9 cm³/mol. The van der Waals surface area contributed by atoms with Gasteiger partial charge in [-0.1, -0.05) is 18.2 Å². The third-order valence-electron chi connectivity index (χ3n) is 1.21. The maximum atomic E-state index is 10.5. The van der Waals surface area contributed by atoms with E-state index >= 15 is 0 Å². The molecule has 0 bridgehead atoms. The lowest BCUT2D eigenvalue weighted by Gasteiger charge is -1.98. The minimum Gasteiger partial charge on any atom is -0.362 e. The predicted octanol–water partition coefficient (Wildman–Crippen LogP) is 1.01. The molecule has 2 N–H and O–H groups in total. The van der Waals surface area contributed by atoms with Gasteiger partial charge in [0.15, 0.2) is 0 Å². The van der Waals surface area contributed by atoms with E-state index in [2.05, 4.69) is 10.6 Å². The summed E-state index contributed by atoms with van der Waals surface area (Å²) in [5, 5.41) is 4.92. The molecule has 0 spiro atoms. The first-order valence-electron chi connectivity index (χ1n) is 4.14. The average molecular weight is 194 g/mol. The van der Waals surface area contributed by atoms with Crippen LogP contribution >= 0.6 is 0 Å². The van der Waals surface area contributed by atoms with Gasteiger partial charge in [-0.3, -0.25) is 9.59 Å². The van der Waals surface area contributed by atoms with Gasteiger partial charge >= 0.3 is 0 Å². The number of hydrogen-bond acceptors (Lipinski definition) is 2. The molecular formula is C10H14N2O2. The molecule has 0 saturated heterocycles. The summed E-state index contributed by atoms with van der Waals surface area (Å²) in [5.41, 5.74) is 0.843. The molecule has 0 saturated carbocycles. The normalized spacial score (nSPS) is 7.86. The highest BCUT2D eigenvalue weighted by Crippen LogP contribution is 2.03. The van der Waals surface area contributed by atoms with Gasteiger partial charge in [0.1, 0.15) is 0 Å². The Morgan fingerprint density at radius 1 is 1.29 bits per heavy atom. The van der Waals surface area contributed by atoms with E-state index in [1.54, 1.807) is 7.05 Å². The number of benzene rings is 1. The molecule has 14 heavy (non-hydrogen) atoms. The fourth-order valence-corrected chi connectivity index (χ4v) is 0.725. The highest BCUT2D eigenvalue weighted by molar-refractivity contribution is 5.88. The Bertz CT molecular complexity index is 273. The van der Waals surface area contributed by atoms with Gasteiger partial charge in [-0.25, -0.2) is 0 Å². The van der Waals surface area contributed by atoms with Gasteiger partial charge < -0.3 is 10.6 Å². The zero-order chi connectivity index (χ0) is 10.8. The first kappa shape index (κ1) is 12.2. The zero-order valence-corrected chi connectivity index (χ0v) is 8.28. The third kappa shape index (κ3) is 6.84. The van der Waals surface area contributed by atoms with Crippen molar-refractivity contribution in [1.82, 2.24) is 5.32 Å². The minimum absolute atomic E-state index is 0.0359. The third-order valence-corrected chi connectivity index (χ3v) is 1.21. The van der Waals surface area contributed by atoms with Crippen LogP contribution in [0.2, 0.25) is 0 Å². The Hall–Kier alpha value is -1.84. The van der Waals surface area contributed by atoms with E-state index in [0.717, 1.165) is 5.69 Å². The van der Waals surface area contributed by atoms with Crippen molar-refractivity contribution in [3.63, 3.8) is 0 Å². The van der Waals surface area contributed by atoms with E-state index in [1.165, 1.54) is 6.92 Å². The molecule has 0 atom stereocenters. The van der Waals surface area contributed by atoms with E-state index in [-0.39, 0.29) is 5.91 Å². The summed E-state index contributed by atoms with van der Waals surface area (Å²) >= 11 is 0. The molecule has 2 amide bonds. The van der Waals surface area contributed by atoms with Crippen LogP contribution in [-0.4, -0.2) is 19.4 Å². The van der Waals surface area contributed by atoms with E-state index in [4.69, 9.17) is 4.79 Å². The van der Waals surface area contributed by atoms with Crippen molar-refractivity contribution < 1.29 is 9.59 Å². The highest BCUT2D eigenvalue weighted by Gasteiger charge is 1.90. The van der Waals surface area contributed by atoms with Gasteiger partial charge in [0.05, 0.1) is 0 Å². The Morgan fingerprint density at radius 2 is 1.79 bits per heavy atom. The van der Waals surface area contributed by atoms with Crippen LogP contribution in [0.15, 0.2) is 30.3 Å². The largest absolute Gasteiger partial charge is 0.362 e. The van der Waals surface area contributed by atoms with E-state index < -0.39 is 0 Å². The second kappa shape index (κ2) is 7.79. The Balaban J connectivity index is 0.000000364. The smallest absolute Gasteiger partial charge is 0.221 e. The maximum absolute atomic E-state index is 10.5. The molecule has 0 radical (unpaired) electrons. The topological polar surface area (TPSA) is 58.2 Å². The van der Waals surface area contributed by atoms with Crippen LogP contribution < -0.4 is 10.6 Å². The summed E-state index contributed by atoms with van der Waals surface area (Å²) < 4.78 is 0. The molecule has 0 unspecified atom stereocenters. The molecule has 1 aromatic rings. The monoisotopic (exact) mass is 194 g/mol. The maximum Gasteiger partial charge on any atom is 0.221 e. The van der Waals surface area contributed by atoms with Crippen molar-refractivity contribution in [2.75, 3.05) is 12.4 Å². The Labute approximate surface area is 83.3 Å². The van der Waals surface area contributed by atoms with Crippen LogP contribution in [0.3, 0.4) is 0 Å². The number of para-hydroxylation sites is 1. The molecule has 76 valence electrons. The van der Waals surface area contributed by atoms with Gasteiger partial charge in [-0.2, -0.15) is 0 Å². The number of rotatable bonds is 2. The zero-order valence-electron chi connectivity index (χ0n) is 8.28. The van der Waals surface area contributed by atoms with Gasteiger partial charge in [0.2, 0.25) is 12.3 Å². The number of amides is 2. The second-order valence-electron chi connectivity index (χ2n) is 2.45. The number of anilines is 1. The van der Waals surface area contributed by atoms with Crippen molar-refractivity contribution in [2.24, 2.45) is 0 Å². The summed E-state index contributed by atoms with van der Waals surface area (Å²) in [6.07, 6.45) is 0.625. The SMILES string of the molecule is CC(=O)Nc1ccccc1.CNC=O. The van der Waals surface area contributed by atoms with Gasteiger partial charge in [-0.15, -0.1) is 0 Å². The molecule has 0 aromatic heterocycles. The first-order valence-corrected chi connectivity index (χ1v) is 4.14. The summed E-state index contributed by atoms with van der Waals surface area (Å²) in [4.78, 5) is 19.6. The van der Waals surface area contributed by atoms with E-state index in [0.29, 0.717) is 6.41 Å². The molecule has 0 aliphatic heterocycles. The van der Waals surface area contributed by atoms with Gasteiger partial charge in [0, 0.05) is 19.7 Å². The molecule has 4 heteroatoms. The molecular weight excluding hydrogens is 180 g/mol. The van der Waals surface area contributed by atoms with E-state index in [1.807, 2.05) is 30.3 Å². The summed E-state index contributed by atoms with van der Waals surface area (Å²) in [5.74, 6) is -0.0359. The lowest BCUT2D eigenvalue weighted by Crippen LogP contribution is -2.04. The second-order valence-corrected chi connectivity index (χ2v) is 2.45.